The first-order valence-electron chi connectivity index (χ1n) is 1.83. The van der Waals surface area contributed by atoms with Gasteiger partial charge in [0.25, 0.3) is 0 Å². The molecule has 2 N–H and O–H groups in total. The Morgan fingerprint density at radius 3 is 2.43 bits per heavy atom. The number of aliphatic hydroxyl groups excluding tert-OH is 1. The SMILES string of the molecule is C=C/C=C(/O)C=N. The van der Waals surface area contributed by atoms with Gasteiger partial charge in [-0.05, 0) is 6.08 Å². The van der Waals surface area contributed by atoms with Crippen molar-refractivity contribution in [2.45, 2.75) is 0 Å². The van der Waals surface area contributed by atoms with Gasteiger partial charge in [0.2, 0.25) is 0 Å². The van der Waals surface area contributed by atoms with Crippen molar-refractivity contribution in [1.29, 1.82) is 5.41 Å². The Kier molecular flexibility index (Phi) is 2.68. The largest absolute Gasteiger partial charge is 0.506 e. The van der Waals surface area contributed by atoms with Crippen molar-refractivity contribution in [3.63, 3.8) is 0 Å². The van der Waals surface area contributed by atoms with Crippen LogP contribution >= 0.6 is 0 Å². The van der Waals surface area contributed by atoms with Gasteiger partial charge in [0.1, 0.15) is 5.76 Å². The van der Waals surface area contributed by atoms with Crippen LogP contribution in [0.15, 0.2) is 24.5 Å². The van der Waals surface area contributed by atoms with E-state index in [2.05, 4.69) is 6.58 Å². The van der Waals surface area contributed by atoms with Gasteiger partial charge in [0.15, 0.2) is 0 Å². The van der Waals surface area contributed by atoms with Gasteiger partial charge >= 0.3 is 0 Å². The van der Waals surface area contributed by atoms with Crippen molar-refractivity contribution in [3.05, 3.63) is 24.5 Å². The number of hydrogen-bond donors (Lipinski definition) is 2. The maximum Gasteiger partial charge on any atom is 0.133 e. The third-order valence-corrected chi connectivity index (χ3v) is 0.436. The molecule has 2 heteroatoms. The van der Waals surface area contributed by atoms with Crippen LogP contribution in [0.5, 0.6) is 0 Å². The predicted octanol–water partition coefficient (Wildman–Crippen LogP) is 1.26. The van der Waals surface area contributed by atoms with Gasteiger partial charge in [-0.3, -0.25) is 0 Å². The molecule has 0 saturated carbocycles. The van der Waals surface area contributed by atoms with Crippen molar-refractivity contribution in [3.8, 4) is 0 Å². The normalized spacial score (nSPS) is 10.6. The van der Waals surface area contributed by atoms with E-state index in [1.54, 1.807) is 0 Å². The van der Waals surface area contributed by atoms with Crippen LogP contribution in [0.1, 0.15) is 0 Å². The summed E-state index contributed by atoms with van der Waals surface area (Å²) in [6.07, 6.45) is 3.61. The summed E-state index contributed by atoms with van der Waals surface area (Å²) >= 11 is 0. The molecule has 0 unspecified atom stereocenters. The second-order valence-electron chi connectivity index (χ2n) is 0.972. The summed E-state index contributed by atoms with van der Waals surface area (Å²) in [5.41, 5.74) is 0. The quantitative estimate of drug-likeness (QED) is 0.304. The van der Waals surface area contributed by atoms with Gasteiger partial charge in [0.05, 0.1) is 6.21 Å². The number of hydrogen-bond acceptors (Lipinski definition) is 2. The summed E-state index contributed by atoms with van der Waals surface area (Å²) in [7, 11) is 0. The average molecular weight is 97.1 g/mol. The van der Waals surface area contributed by atoms with Gasteiger partial charge in [-0.1, -0.05) is 12.7 Å². The molecule has 0 rings (SSSR count). The maximum absolute atomic E-state index is 8.40. The lowest BCUT2D eigenvalue weighted by atomic mass is 10.5. The van der Waals surface area contributed by atoms with E-state index < -0.39 is 0 Å². The molecule has 7 heavy (non-hydrogen) atoms. The Bertz CT molecular complexity index is 105. The molecule has 0 saturated heterocycles. The Morgan fingerprint density at radius 2 is 2.29 bits per heavy atom. The molecule has 0 aliphatic carbocycles. The molecule has 0 heterocycles. The first-order valence-corrected chi connectivity index (χ1v) is 1.83. The van der Waals surface area contributed by atoms with E-state index in [4.69, 9.17) is 10.5 Å². The van der Waals surface area contributed by atoms with Crippen LogP contribution in [0.4, 0.5) is 0 Å². The maximum atomic E-state index is 8.40. The van der Waals surface area contributed by atoms with Crippen LogP contribution in [-0.4, -0.2) is 11.3 Å². The Hall–Kier alpha value is -1.05. The zero-order chi connectivity index (χ0) is 5.70. The Balaban J connectivity index is 3.72. The minimum absolute atomic E-state index is 0.0741. The molecule has 0 bridgehead atoms. The Labute approximate surface area is 42.3 Å². The van der Waals surface area contributed by atoms with E-state index in [0.717, 1.165) is 6.21 Å². The van der Waals surface area contributed by atoms with Crippen LogP contribution in [0.25, 0.3) is 0 Å². The minimum Gasteiger partial charge on any atom is -0.506 e. The molecule has 0 amide bonds. The summed E-state index contributed by atoms with van der Waals surface area (Å²) in [5, 5.41) is 14.8. The van der Waals surface area contributed by atoms with Crippen LogP contribution in [0.3, 0.4) is 0 Å². The summed E-state index contributed by atoms with van der Waals surface area (Å²) in [5.74, 6) is -0.0741. The average Bonchev–Trinajstić information content (AvgIpc) is 1.68. The summed E-state index contributed by atoms with van der Waals surface area (Å²) < 4.78 is 0. The van der Waals surface area contributed by atoms with Gasteiger partial charge in [0, 0.05) is 0 Å². The molecule has 0 radical (unpaired) electrons. The molecule has 0 aliphatic rings. The molecule has 38 valence electrons. The fourth-order valence-corrected chi connectivity index (χ4v) is 0.169. The van der Waals surface area contributed by atoms with Gasteiger partial charge in [-0.2, -0.15) is 0 Å². The van der Waals surface area contributed by atoms with Crippen molar-refractivity contribution in [1.82, 2.24) is 0 Å². The minimum atomic E-state index is -0.0741. The Morgan fingerprint density at radius 1 is 1.71 bits per heavy atom. The van der Waals surface area contributed by atoms with Crippen molar-refractivity contribution < 1.29 is 5.11 Å². The fourth-order valence-electron chi connectivity index (χ4n) is 0.169. The molecule has 0 fully saturated rings. The zero-order valence-corrected chi connectivity index (χ0v) is 3.89. The first kappa shape index (κ1) is 5.95. The number of rotatable bonds is 2. The molecule has 2 nitrogen and oxygen atoms in total. The van der Waals surface area contributed by atoms with E-state index >= 15 is 0 Å². The lowest BCUT2D eigenvalue weighted by molar-refractivity contribution is 0.446. The second-order valence-corrected chi connectivity index (χ2v) is 0.972. The molecule has 0 aromatic carbocycles. The highest BCUT2D eigenvalue weighted by molar-refractivity contribution is 5.72. The predicted molar refractivity (Wildman–Crippen MR) is 29.7 cm³/mol. The number of aliphatic hydroxyl groups is 1. The van der Waals surface area contributed by atoms with E-state index in [0.29, 0.717) is 0 Å². The highest BCUT2D eigenvalue weighted by Crippen LogP contribution is 1.78. The first-order chi connectivity index (χ1) is 3.31. The van der Waals surface area contributed by atoms with E-state index in [1.165, 1.54) is 12.2 Å². The summed E-state index contributed by atoms with van der Waals surface area (Å²) in [4.78, 5) is 0. The number of nitrogens with one attached hydrogen (secondary N) is 1. The molecular weight excluding hydrogens is 90.1 g/mol. The highest BCUT2D eigenvalue weighted by Gasteiger charge is 1.74. The molecular formula is C5H7NO. The van der Waals surface area contributed by atoms with Crippen molar-refractivity contribution in [2.75, 3.05) is 0 Å². The van der Waals surface area contributed by atoms with Crippen LogP contribution < -0.4 is 0 Å². The number of allylic oxidation sites excluding steroid dienone is 3. The summed E-state index contributed by atoms with van der Waals surface area (Å²) in [6.45, 7) is 3.31. The monoisotopic (exact) mass is 97.1 g/mol. The van der Waals surface area contributed by atoms with Gasteiger partial charge in [-0.25, -0.2) is 0 Å². The molecule has 0 aromatic rings. The molecule has 0 spiro atoms. The molecule has 0 atom stereocenters. The van der Waals surface area contributed by atoms with E-state index in [9.17, 15) is 0 Å². The summed E-state index contributed by atoms with van der Waals surface area (Å²) in [6, 6.07) is 0. The lowest BCUT2D eigenvalue weighted by Gasteiger charge is -1.78. The van der Waals surface area contributed by atoms with Crippen LogP contribution in [0, 0.1) is 5.41 Å². The van der Waals surface area contributed by atoms with Gasteiger partial charge < -0.3 is 10.5 Å². The topological polar surface area (TPSA) is 44.1 Å². The smallest absolute Gasteiger partial charge is 0.133 e. The van der Waals surface area contributed by atoms with Crippen LogP contribution in [-0.2, 0) is 0 Å². The molecule has 0 aromatic heterocycles. The van der Waals surface area contributed by atoms with Crippen molar-refractivity contribution in [2.24, 2.45) is 0 Å². The highest BCUT2D eigenvalue weighted by atomic mass is 16.3. The molecule has 0 aliphatic heterocycles. The lowest BCUT2D eigenvalue weighted by Crippen LogP contribution is -1.75. The third kappa shape index (κ3) is 2.76. The van der Waals surface area contributed by atoms with Crippen LogP contribution in [0.2, 0.25) is 0 Å². The second kappa shape index (κ2) is 3.15. The standard InChI is InChI=1S/C5H7NO/c1-2-3-5(7)4-6/h2-4,6-7H,1H2/b5-3+,6-4?. The van der Waals surface area contributed by atoms with E-state index in [1.807, 2.05) is 0 Å². The fraction of sp³-hybridized carbons (Fsp3) is 0. The van der Waals surface area contributed by atoms with Gasteiger partial charge in [-0.15, -0.1) is 0 Å². The zero-order valence-electron chi connectivity index (χ0n) is 3.89. The van der Waals surface area contributed by atoms with E-state index in [-0.39, 0.29) is 5.76 Å². The van der Waals surface area contributed by atoms with Crippen molar-refractivity contribution >= 4 is 6.21 Å². The third-order valence-electron chi connectivity index (χ3n) is 0.436.